The molecule has 0 aliphatic carbocycles. The normalized spacial score (nSPS) is 15.8. The molecule has 2 amide bonds. The Morgan fingerprint density at radius 3 is 2.45 bits per heavy atom. The van der Waals surface area contributed by atoms with Crippen LogP contribution in [-0.2, 0) is 4.79 Å². The number of likely N-dealkylation sites (tertiary alicyclic amines) is 1. The Balaban J connectivity index is 1.51. The van der Waals surface area contributed by atoms with Gasteiger partial charge < -0.3 is 15.7 Å². The van der Waals surface area contributed by atoms with Gasteiger partial charge in [0.25, 0.3) is 11.8 Å². The number of carbonyl (C=O) groups is 2. The van der Waals surface area contributed by atoms with E-state index in [1.165, 1.54) is 12.1 Å². The van der Waals surface area contributed by atoms with Crippen LogP contribution in [0.5, 0.6) is 0 Å². The molecule has 1 aliphatic rings. The average Bonchev–Trinajstić information content (AvgIpc) is 2.77. The molecule has 1 atom stereocenters. The Bertz CT molecular complexity index is 1140. The van der Waals surface area contributed by atoms with Crippen LogP contribution in [-0.4, -0.2) is 39.9 Å². The Labute approximate surface area is 183 Å². The number of hydrogen-bond acceptors (Lipinski definition) is 4. The second-order valence-corrected chi connectivity index (χ2v) is 8.11. The molecular weight excluding hydrogens is 421 g/mol. The molecule has 0 spiro atoms. The molecule has 0 bridgehead atoms. The van der Waals surface area contributed by atoms with Crippen molar-refractivity contribution in [2.45, 2.75) is 24.9 Å². The van der Waals surface area contributed by atoms with Crippen molar-refractivity contribution in [3.05, 3.63) is 76.2 Å². The van der Waals surface area contributed by atoms with Gasteiger partial charge >= 0.3 is 0 Å². The summed E-state index contributed by atoms with van der Waals surface area (Å²) >= 11 is 5.86. The molecule has 4 rings (SSSR count). The lowest BCUT2D eigenvalue weighted by atomic mass is 9.89. The Kier molecular flexibility index (Phi) is 5.89. The van der Waals surface area contributed by atoms with Gasteiger partial charge in [-0.25, -0.2) is 4.39 Å². The fraction of sp³-hybridized carbons (Fsp3) is 0.261. The van der Waals surface area contributed by atoms with Gasteiger partial charge in [0.05, 0.1) is 16.8 Å². The molecule has 3 N–H and O–H groups in total. The number of amides is 2. The van der Waals surface area contributed by atoms with Gasteiger partial charge in [-0.2, -0.15) is 0 Å². The highest BCUT2D eigenvalue weighted by molar-refractivity contribution is 6.30. The number of aromatic nitrogens is 1. The van der Waals surface area contributed by atoms with Crippen molar-refractivity contribution < 1.29 is 19.1 Å². The number of aliphatic hydroxyl groups is 1. The summed E-state index contributed by atoms with van der Waals surface area (Å²) in [6.45, 7) is 0.824. The quantitative estimate of drug-likeness (QED) is 0.646. The molecule has 2 heterocycles. The van der Waals surface area contributed by atoms with Crippen LogP contribution in [0, 0.1) is 5.82 Å². The van der Waals surface area contributed by atoms with Crippen LogP contribution < -0.4 is 5.73 Å². The molecule has 3 aromatic rings. The summed E-state index contributed by atoms with van der Waals surface area (Å²) in [5.41, 5.74) is 7.46. The SMILES string of the molecule is NC(=O)c1cc2cc(F)ccc2nc1C1CCN(C(=O)[C@H](O)c2ccc(Cl)cc2)CC1. The smallest absolute Gasteiger partial charge is 0.256 e. The summed E-state index contributed by atoms with van der Waals surface area (Å²) < 4.78 is 13.5. The highest BCUT2D eigenvalue weighted by Gasteiger charge is 2.30. The lowest BCUT2D eigenvalue weighted by molar-refractivity contribution is -0.141. The summed E-state index contributed by atoms with van der Waals surface area (Å²) in [4.78, 5) is 30.9. The zero-order chi connectivity index (χ0) is 22.1. The zero-order valence-electron chi connectivity index (χ0n) is 16.6. The maximum absolute atomic E-state index is 13.5. The largest absolute Gasteiger partial charge is 0.378 e. The van der Waals surface area contributed by atoms with Gasteiger partial charge in [0, 0.05) is 29.4 Å². The number of carbonyl (C=O) groups excluding carboxylic acids is 2. The summed E-state index contributed by atoms with van der Waals surface area (Å²) in [5, 5.41) is 11.5. The summed E-state index contributed by atoms with van der Waals surface area (Å²) in [6, 6.07) is 12.3. The molecule has 1 saturated heterocycles. The number of pyridine rings is 1. The molecule has 6 nitrogen and oxygen atoms in total. The number of benzene rings is 2. The van der Waals surface area contributed by atoms with E-state index in [0.717, 1.165) is 0 Å². The first kappa shape index (κ1) is 21.2. The molecule has 0 unspecified atom stereocenters. The van der Waals surface area contributed by atoms with Crippen molar-refractivity contribution >= 4 is 34.3 Å². The predicted octanol–water partition coefficient (Wildman–Crippen LogP) is 3.57. The van der Waals surface area contributed by atoms with Gasteiger partial charge in [-0.3, -0.25) is 14.6 Å². The number of rotatable bonds is 4. The van der Waals surface area contributed by atoms with Crippen LogP contribution in [0.2, 0.25) is 5.02 Å². The number of hydrogen-bond donors (Lipinski definition) is 2. The van der Waals surface area contributed by atoms with E-state index in [1.54, 1.807) is 41.3 Å². The monoisotopic (exact) mass is 441 g/mol. The molecular formula is C23H21ClFN3O3. The Morgan fingerprint density at radius 2 is 1.81 bits per heavy atom. The molecule has 8 heteroatoms. The number of nitrogens with two attached hydrogens (primary N) is 1. The fourth-order valence-corrected chi connectivity index (χ4v) is 4.13. The van der Waals surface area contributed by atoms with Crippen molar-refractivity contribution in [2.75, 3.05) is 13.1 Å². The minimum atomic E-state index is -1.26. The zero-order valence-corrected chi connectivity index (χ0v) is 17.3. The first-order valence-electron chi connectivity index (χ1n) is 9.96. The highest BCUT2D eigenvalue weighted by Crippen LogP contribution is 2.32. The summed E-state index contributed by atoms with van der Waals surface area (Å²) in [7, 11) is 0. The number of fused-ring (bicyclic) bond motifs is 1. The topological polar surface area (TPSA) is 96.5 Å². The molecule has 0 saturated carbocycles. The molecule has 1 fully saturated rings. The maximum atomic E-state index is 13.5. The minimum absolute atomic E-state index is 0.0753. The second kappa shape index (κ2) is 8.61. The summed E-state index contributed by atoms with van der Waals surface area (Å²) in [5.74, 6) is -1.49. The molecule has 0 radical (unpaired) electrons. The van der Waals surface area contributed by atoms with Gasteiger partial charge in [0.15, 0.2) is 6.10 Å². The van der Waals surface area contributed by atoms with Crippen molar-refractivity contribution in [1.29, 1.82) is 0 Å². The van der Waals surface area contributed by atoms with Crippen LogP contribution in [0.1, 0.15) is 46.5 Å². The molecule has 160 valence electrons. The van der Waals surface area contributed by atoms with Crippen molar-refractivity contribution in [3.63, 3.8) is 0 Å². The van der Waals surface area contributed by atoms with Gasteiger partial charge in [-0.05, 0) is 54.8 Å². The van der Waals surface area contributed by atoms with E-state index in [4.69, 9.17) is 17.3 Å². The predicted molar refractivity (Wildman–Crippen MR) is 115 cm³/mol. The minimum Gasteiger partial charge on any atom is -0.378 e. The van der Waals surface area contributed by atoms with E-state index in [-0.39, 0.29) is 17.4 Å². The molecule has 1 aromatic heterocycles. The Morgan fingerprint density at radius 1 is 1.13 bits per heavy atom. The van der Waals surface area contributed by atoms with E-state index in [9.17, 15) is 19.1 Å². The van der Waals surface area contributed by atoms with Crippen LogP contribution in [0.3, 0.4) is 0 Å². The first-order chi connectivity index (χ1) is 14.8. The van der Waals surface area contributed by atoms with E-state index in [1.807, 2.05) is 0 Å². The van der Waals surface area contributed by atoms with E-state index < -0.39 is 17.8 Å². The van der Waals surface area contributed by atoms with Gasteiger partial charge in [-0.15, -0.1) is 0 Å². The molecule has 1 aliphatic heterocycles. The first-order valence-corrected chi connectivity index (χ1v) is 10.3. The second-order valence-electron chi connectivity index (χ2n) is 7.68. The summed E-state index contributed by atoms with van der Waals surface area (Å²) in [6.07, 6.45) is -0.123. The third kappa shape index (κ3) is 4.38. The van der Waals surface area contributed by atoms with Crippen LogP contribution >= 0.6 is 11.6 Å². The van der Waals surface area contributed by atoms with Gasteiger partial charge in [-0.1, -0.05) is 23.7 Å². The van der Waals surface area contributed by atoms with Crippen molar-refractivity contribution in [2.24, 2.45) is 5.73 Å². The number of halogens is 2. The highest BCUT2D eigenvalue weighted by atomic mass is 35.5. The number of primary amides is 1. The van der Waals surface area contributed by atoms with Crippen molar-refractivity contribution in [3.8, 4) is 0 Å². The average molecular weight is 442 g/mol. The van der Waals surface area contributed by atoms with Gasteiger partial charge in [0.2, 0.25) is 0 Å². The maximum Gasteiger partial charge on any atom is 0.256 e. The van der Waals surface area contributed by atoms with Crippen molar-refractivity contribution in [1.82, 2.24) is 9.88 Å². The number of piperidine rings is 1. The third-order valence-corrected chi connectivity index (χ3v) is 5.94. The van der Waals surface area contributed by atoms with Crippen LogP contribution in [0.25, 0.3) is 10.9 Å². The molecule has 2 aromatic carbocycles. The van der Waals surface area contributed by atoms with Crippen LogP contribution in [0.15, 0.2) is 48.5 Å². The molecule has 31 heavy (non-hydrogen) atoms. The standard InChI is InChI=1S/C23H21ClFN3O3/c24-16-3-1-14(2-4-16)21(29)23(31)28-9-7-13(8-10-28)20-18(22(26)30)12-15-11-17(25)5-6-19(15)27-20/h1-6,11-13,21,29H,7-10H2,(H2,26,30)/t21-/m1/s1. The van der Waals surface area contributed by atoms with Gasteiger partial charge in [0.1, 0.15) is 5.82 Å². The van der Waals surface area contributed by atoms with E-state index in [0.29, 0.717) is 53.1 Å². The fourth-order valence-electron chi connectivity index (χ4n) is 4.00. The lowest BCUT2D eigenvalue weighted by Gasteiger charge is -2.33. The lowest BCUT2D eigenvalue weighted by Crippen LogP contribution is -2.41. The van der Waals surface area contributed by atoms with E-state index >= 15 is 0 Å². The van der Waals surface area contributed by atoms with Crippen LogP contribution in [0.4, 0.5) is 4.39 Å². The number of aliphatic hydroxyl groups excluding tert-OH is 1. The van der Waals surface area contributed by atoms with E-state index in [2.05, 4.69) is 4.98 Å². The number of nitrogens with zero attached hydrogens (tertiary/aromatic N) is 2. The third-order valence-electron chi connectivity index (χ3n) is 5.68. The Hall–Kier alpha value is -3.03.